The topological polar surface area (TPSA) is 85.6 Å². The lowest BCUT2D eigenvalue weighted by Crippen LogP contribution is -2.28. The first-order valence-electron chi connectivity index (χ1n) is 6.50. The van der Waals surface area contributed by atoms with Crippen molar-refractivity contribution < 1.29 is 23.8 Å². The number of nitriles is 1. The summed E-state index contributed by atoms with van der Waals surface area (Å²) in [5, 5.41) is 8.77. The van der Waals surface area contributed by atoms with Gasteiger partial charge in [-0.1, -0.05) is 0 Å². The van der Waals surface area contributed by atoms with Crippen LogP contribution >= 0.6 is 0 Å². The van der Waals surface area contributed by atoms with Crippen LogP contribution in [-0.2, 0) is 19.0 Å². The first kappa shape index (κ1) is 15.3. The molecular weight excluding hydrogens is 250 g/mol. The molecule has 0 heterocycles. The van der Waals surface area contributed by atoms with Gasteiger partial charge in [0, 0.05) is 12.8 Å². The lowest BCUT2D eigenvalue weighted by Gasteiger charge is -2.24. The summed E-state index contributed by atoms with van der Waals surface area (Å²) in [5.41, 5.74) is 0. The molecule has 6 heteroatoms. The maximum absolute atomic E-state index is 11.8. The van der Waals surface area contributed by atoms with Gasteiger partial charge in [0.2, 0.25) is 6.29 Å². The fraction of sp³-hybridized carbons (Fsp3) is 0.769. The fourth-order valence-electron chi connectivity index (χ4n) is 2.03. The third-order valence-corrected chi connectivity index (χ3v) is 3.05. The maximum atomic E-state index is 11.8. The molecule has 1 saturated carbocycles. The number of esters is 1. The molecular formula is C13H19NO5. The van der Waals surface area contributed by atoms with Gasteiger partial charge in [-0.25, -0.2) is 4.79 Å². The quantitative estimate of drug-likeness (QED) is 0.575. The SMILES string of the molecule is CCOC(=O)OC(C)OC(=O)[C@H]1CC[C@H](C#N)CC1. The Morgan fingerprint density at radius 3 is 2.42 bits per heavy atom. The number of nitrogens with zero attached hydrogens (tertiary/aromatic N) is 1. The molecule has 1 rings (SSSR count). The molecule has 0 N–H and O–H groups in total. The zero-order chi connectivity index (χ0) is 14.3. The molecule has 0 aromatic carbocycles. The largest absolute Gasteiger partial charge is 0.511 e. The van der Waals surface area contributed by atoms with Crippen molar-refractivity contribution >= 4 is 12.1 Å². The van der Waals surface area contributed by atoms with E-state index in [4.69, 9.17) is 14.7 Å². The molecule has 1 aliphatic rings. The molecule has 1 aliphatic carbocycles. The van der Waals surface area contributed by atoms with Crippen molar-refractivity contribution in [2.75, 3.05) is 6.61 Å². The van der Waals surface area contributed by atoms with Gasteiger partial charge in [0.25, 0.3) is 0 Å². The summed E-state index contributed by atoms with van der Waals surface area (Å²) in [4.78, 5) is 22.8. The van der Waals surface area contributed by atoms with Crippen LogP contribution in [-0.4, -0.2) is 25.0 Å². The minimum absolute atomic E-state index is 0.0391. The summed E-state index contributed by atoms with van der Waals surface area (Å²) in [6.07, 6.45) is 0.898. The molecule has 0 aromatic rings. The van der Waals surface area contributed by atoms with Gasteiger partial charge < -0.3 is 14.2 Å². The molecule has 0 amide bonds. The van der Waals surface area contributed by atoms with E-state index in [0.717, 1.165) is 0 Å². The van der Waals surface area contributed by atoms with Crippen LogP contribution in [0.3, 0.4) is 0 Å². The summed E-state index contributed by atoms with van der Waals surface area (Å²) in [7, 11) is 0. The molecule has 0 aliphatic heterocycles. The first-order chi connectivity index (χ1) is 9.06. The van der Waals surface area contributed by atoms with Crippen LogP contribution in [0.1, 0.15) is 39.5 Å². The molecule has 1 unspecified atom stereocenters. The lowest BCUT2D eigenvalue weighted by atomic mass is 9.83. The Balaban J connectivity index is 2.31. The molecule has 0 aromatic heterocycles. The molecule has 0 saturated heterocycles. The van der Waals surface area contributed by atoms with E-state index in [0.29, 0.717) is 25.7 Å². The second-order valence-electron chi connectivity index (χ2n) is 4.48. The minimum Gasteiger partial charge on any atom is -0.435 e. The molecule has 19 heavy (non-hydrogen) atoms. The monoisotopic (exact) mass is 269 g/mol. The van der Waals surface area contributed by atoms with Crippen molar-refractivity contribution in [3.05, 3.63) is 0 Å². The normalized spacial score (nSPS) is 23.8. The highest BCUT2D eigenvalue weighted by Gasteiger charge is 2.28. The first-order valence-corrected chi connectivity index (χ1v) is 6.50. The predicted octanol–water partition coefficient (Wildman–Crippen LogP) is 2.38. The Morgan fingerprint density at radius 1 is 1.26 bits per heavy atom. The van der Waals surface area contributed by atoms with Crippen molar-refractivity contribution in [2.45, 2.75) is 45.8 Å². The highest BCUT2D eigenvalue weighted by Crippen LogP contribution is 2.29. The number of ether oxygens (including phenoxy) is 3. The van der Waals surface area contributed by atoms with E-state index in [1.807, 2.05) is 0 Å². The molecule has 1 fully saturated rings. The zero-order valence-electron chi connectivity index (χ0n) is 11.3. The maximum Gasteiger partial charge on any atom is 0.511 e. The Morgan fingerprint density at radius 2 is 1.89 bits per heavy atom. The van der Waals surface area contributed by atoms with Gasteiger partial charge in [-0.2, -0.15) is 5.26 Å². The van der Waals surface area contributed by atoms with Crippen molar-refractivity contribution in [1.29, 1.82) is 5.26 Å². The highest BCUT2D eigenvalue weighted by atomic mass is 16.8. The molecule has 1 atom stereocenters. The number of carbonyl (C=O) groups is 2. The fourth-order valence-corrected chi connectivity index (χ4v) is 2.03. The van der Waals surface area contributed by atoms with Crippen LogP contribution in [0, 0.1) is 23.2 Å². The van der Waals surface area contributed by atoms with Gasteiger partial charge in [0.05, 0.1) is 18.6 Å². The van der Waals surface area contributed by atoms with Gasteiger partial charge in [-0.05, 0) is 32.6 Å². The minimum atomic E-state index is -0.958. The van der Waals surface area contributed by atoms with Gasteiger partial charge in [0.15, 0.2) is 0 Å². The van der Waals surface area contributed by atoms with E-state index in [9.17, 15) is 9.59 Å². The van der Waals surface area contributed by atoms with Gasteiger partial charge in [-0.15, -0.1) is 0 Å². The summed E-state index contributed by atoms with van der Waals surface area (Å²) in [6, 6.07) is 2.21. The average Bonchev–Trinajstić information content (AvgIpc) is 2.38. The molecule has 0 bridgehead atoms. The second-order valence-corrected chi connectivity index (χ2v) is 4.48. The number of hydrogen-bond donors (Lipinski definition) is 0. The summed E-state index contributed by atoms with van der Waals surface area (Å²) >= 11 is 0. The Labute approximate surface area is 112 Å². The van der Waals surface area contributed by atoms with Gasteiger partial charge in [-0.3, -0.25) is 4.79 Å². The predicted molar refractivity (Wildman–Crippen MR) is 64.7 cm³/mol. The van der Waals surface area contributed by atoms with Crippen molar-refractivity contribution in [1.82, 2.24) is 0 Å². The Kier molecular flexibility index (Phi) is 6.13. The van der Waals surface area contributed by atoms with Crippen molar-refractivity contribution in [3.8, 4) is 6.07 Å². The van der Waals surface area contributed by atoms with Crippen LogP contribution in [0.2, 0.25) is 0 Å². The third kappa shape index (κ3) is 5.16. The van der Waals surface area contributed by atoms with Gasteiger partial charge >= 0.3 is 12.1 Å². The molecule has 0 spiro atoms. The van der Waals surface area contributed by atoms with Crippen LogP contribution in [0.5, 0.6) is 0 Å². The summed E-state index contributed by atoms with van der Waals surface area (Å²) < 4.78 is 14.3. The zero-order valence-corrected chi connectivity index (χ0v) is 11.3. The van der Waals surface area contributed by atoms with Crippen LogP contribution < -0.4 is 0 Å². The Hall–Kier alpha value is -1.77. The lowest BCUT2D eigenvalue weighted by molar-refractivity contribution is -0.174. The number of rotatable bonds is 4. The third-order valence-electron chi connectivity index (χ3n) is 3.05. The highest BCUT2D eigenvalue weighted by molar-refractivity contribution is 5.72. The van der Waals surface area contributed by atoms with E-state index in [2.05, 4.69) is 10.8 Å². The summed E-state index contributed by atoms with van der Waals surface area (Å²) in [6.45, 7) is 3.33. The van der Waals surface area contributed by atoms with E-state index < -0.39 is 12.4 Å². The Bertz CT molecular complexity index is 355. The van der Waals surface area contributed by atoms with Crippen molar-refractivity contribution in [3.63, 3.8) is 0 Å². The summed E-state index contributed by atoms with van der Waals surface area (Å²) in [5.74, 6) is -0.553. The second kappa shape index (κ2) is 7.62. The van der Waals surface area contributed by atoms with Gasteiger partial charge in [0.1, 0.15) is 0 Å². The van der Waals surface area contributed by atoms with E-state index in [-0.39, 0.29) is 24.4 Å². The van der Waals surface area contributed by atoms with Crippen LogP contribution in [0.15, 0.2) is 0 Å². The number of hydrogen-bond acceptors (Lipinski definition) is 6. The van der Waals surface area contributed by atoms with E-state index >= 15 is 0 Å². The van der Waals surface area contributed by atoms with Crippen LogP contribution in [0.4, 0.5) is 4.79 Å². The standard InChI is InChI=1S/C13H19NO5/c1-3-17-13(16)19-9(2)18-12(15)11-6-4-10(8-14)5-7-11/h9-11H,3-7H2,1-2H3/t9?,10-,11-. The smallest absolute Gasteiger partial charge is 0.435 e. The van der Waals surface area contributed by atoms with Crippen LogP contribution in [0.25, 0.3) is 0 Å². The van der Waals surface area contributed by atoms with Crippen molar-refractivity contribution in [2.24, 2.45) is 11.8 Å². The number of carbonyl (C=O) groups excluding carboxylic acids is 2. The van der Waals surface area contributed by atoms with E-state index in [1.54, 1.807) is 6.92 Å². The van der Waals surface area contributed by atoms with E-state index in [1.165, 1.54) is 6.92 Å². The molecule has 6 nitrogen and oxygen atoms in total. The molecule has 106 valence electrons. The molecule has 0 radical (unpaired) electrons. The average molecular weight is 269 g/mol.